The maximum Gasteiger partial charge on any atom is 0.272 e. The van der Waals surface area contributed by atoms with Crippen molar-refractivity contribution in [3.63, 3.8) is 0 Å². The number of rotatable bonds is 9. The Labute approximate surface area is 203 Å². The number of Topliss-reactive ketones (excluding diaryl/α,β-unsaturated/α-hetero) is 1. The van der Waals surface area contributed by atoms with Crippen molar-refractivity contribution >= 4 is 29.4 Å². The van der Waals surface area contributed by atoms with E-state index < -0.39 is 11.8 Å². The lowest BCUT2D eigenvalue weighted by Gasteiger charge is -2.14. The van der Waals surface area contributed by atoms with E-state index in [1.54, 1.807) is 60.7 Å². The zero-order valence-corrected chi connectivity index (χ0v) is 19.9. The molecule has 0 bridgehead atoms. The number of carbonyl (C=O) groups is 3. The van der Waals surface area contributed by atoms with Crippen molar-refractivity contribution in [2.75, 3.05) is 26.6 Å². The lowest BCUT2D eigenvalue weighted by molar-refractivity contribution is -0.113. The fourth-order valence-corrected chi connectivity index (χ4v) is 3.29. The minimum Gasteiger partial charge on any atom is -0.496 e. The van der Waals surface area contributed by atoms with Crippen LogP contribution in [-0.4, -0.2) is 38.9 Å². The first kappa shape index (κ1) is 25.0. The summed E-state index contributed by atoms with van der Waals surface area (Å²) in [5.41, 5.74) is 1.69. The molecule has 8 nitrogen and oxygen atoms in total. The molecule has 0 spiro atoms. The Morgan fingerprint density at radius 2 is 1.46 bits per heavy atom. The number of para-hydroxylation sites is 1. The molecule has 0 aliphatic rings. The Bertz CT molecular complexity index is 1280. The number of ether oxygens (including phenoxy) is 3. The van der Waals surface area contributed by atoms with Gasteiger partial charge >= 0.3 is 0 Å². The van der Waals surface area contributed by atoms with E-state index in [-0.39, 0.29) is 17.0 Å². The Kier molecular flexibility index (Phi) is 8.24. The zero-order chi connectivity index (χ0) is 25.4. The van der Waals surface area contributed by atoms with Gasteiger partial charge in [0.1, 0.15) is 11.4 Å². The number of hydrogen-bond donors (Lipinski definition) is 2. The molecule has 0 saturated heterocycles. The van der Waals surface area contributed by atoms with Gasteiger partial charge in [0, 0.05) is 22.4 Å². The van der Waals surface area contributed by atoms with Crippen molar-refractivity contribution < 1.29 is 28.6 Å². The topological polar surface area (TPSA) is 103 Å². The second-order valence-electron chi connectivity index (χ2n) is 7.41. The highest BCUT2D eigenvalue weighted by Crippen LogP contribution is 2.28. The average Bonchev–Trinajstić information content (AvgIpc) is 2.88. The van der Waals surface area contributed by atoms with Crippen molar-refractivity contribution in [2.45, 2.75) is 6.92 Å². The molecule has 0 saturated carbocycles. The van der Waals surface area contributed by atoms with Gasteiger partial charge in [-0.25, -0.2) is 0 Å². The predicted molar refractivity (Wildman–Crippen MR) is 133 cm³/mol. The van der Waals surface area contributed by atoms with Crippen LogP contribution in [-0.2, 0) is 4.79 Å². The van der Waals surface area contributed by atoms with E-state index in [0.717, 1.165) is 0 Å². The van der Waals surface area contributed by atoms with Crippen LogP contribution in [0.15, 0.2) is 72.4 Å². The highest BCUT2D eigenvalue weighted by molar-refractivity contribution is 6.11. The highest BCUT2D eigenvalue weighted by atomic mass is 16.5. The maximum atomic E-state index is 13.2. The van der Waals surface area contributed by atoms with Crippen molar-refractivity contribution in [1.82, 2.24) is 5.32 Å². The molecule has 8 heteroatoms. The smallest absolute Gasteiger partial charge is 0.272 e. The van der Waals surface area contributed by atoms with Gasteiger partial charge in [0.2, 0.25) is 0 Å². The van der Waals surface area contributed by atoms with Gasteiger partial charge in [0.15, 0.2) is 17.3 Å². The summed E-state index contributed by atoms with van der Waals surface area (Å²) in [7, 11) is 4.48. The van der Waals surface area contributed by atoms with Gasteiger partial charge in [-0.05, 0) is 49.4 Å². The van der Waals surface area contributed by atoms with Crippen LogP contribution in [0, 0.1) is 0 Å². The Morgan fingerprint density at radius 3 is 2.14 bits per heavy atom. The molecule has 3 aromatic rings. The summed E-state index contributed by atoms with van der Waals surface area (Å²) < 4.78 is 15.9. The molecule has 0 aliphatic carbocycles. The molecule has 0 fully saturated rings. The molecule has 0 aliphatic heterocycles. The Morgan fingerprint density at radius 1 is 0.743 bits per heavy atom. The summed E-state index contributed by atoms with van der Waals surface area (Å²) >= 11 is 0. The minimum absolute atomic E-state index is 0.0255. The molecule has 0 atom stereocenters. The van der Waals surface area contributed by atoms with Crippen molar-refractivity contribution in [3.8, 4) is 17.2 Å². The molecular formula is C27H26N2O6. The Balaban J connectivity index is 1.96. The van der Waals surface area contributed by atoms with Crippen LogP contribution in [0.3, 0.4) is 0 Å². The van der Waals surface area contributed by atoms with Gasteiger partial charge in [-0.2, -0.15) is 0 Å². The summed E-state index contributed by atoms with van der Waals surface area (Å²) in [5.74, 6) is 0.132. The van der Waals surface area contributed by atoms with Gasteiger partial charge in [-0.3, -0.25) is 14.4 Å². The fourth-order valence-electron chi connectivity index (χ4n) is 3.29. The third kappa shape index (κ3) is 6.26. The van der Waals surface area contributed by atoms with Crippen LogP contribution in [0.25, 0.3) is 6.08 Å². The predicted octanol–water partition coefficient (Wildman–Crippen LogP) is 4.32. The fraction of sp³-hybridized carbons (Fsp3) is 0.148. The molecule has 2 N–H and O–H groups in total. The van der Waals surface area contributed by atoms with Crippen LogP contribution < -0.4 is 24.8 Å². The van der Waals surface area contributed by atoms with E-state index in [4.69, 9.17) is 14.2 Å². The lowest BCUT2D eigenvalue weighted by Crippen LogP contribution is -2.30. The first-order valence-corrected chi connectivity index (χ1v) is 10.7. The lowest BCUT2D eigenvalue weighted by atomic mass is 10.1. The van der Waals surface area contributed by atoms with Gasteiger partial charge in [0.05, 0.1) is 21.3 Å². The van der Waals surface area contributed by atoms with Crippen molar-refractivity contribution in [2.24, 2.45) is 0 Å². The largest absolute Gasteiger partial charge is 0.496 e. The molecule has 2 amide bonds. The van der Waals surface area contributed by atoms with Crippen molar-refractivity contribution in [1.29, 1.82) is 0 Å². The maximum absolute atomic E-state index is 13.2. The SMILES string of the molecule is COc1ccccc1C=C(NC(=O)c1ccc(OC)c(OC)c1)C(=O)Nc1cccc(C(C)=O)c1. The summed E-state index contributed by atoms with van der Waals surface area (Å²) in [6.07, 6.45) is 1.52. The number of hydrogen-bond acceptors (Lipinski definition) is 6. The third-order valence-corrected chi connectivity index (χ3v) is 5.10. The zero-order valence-electron chi connectivity index (χ0n) is 19.9. The first-order valence-electron chi connectivity index (χ1n) is 10.7. The molecule has 180 valence electrons. The van der Waals surface area contributed by atoms with Crippen LogP contribution >= 0.6 is 0 Å². The quantitative estimate of drug-likeness (QED) is 0.354. The molecule has 0 heterocycles. The number of methoxy groups -OCH3 is 3. The molecule has 0 unspecified atom stereocenters. The van der Waals surface area contributed by atoms with E-state index in [0.29, 0.717) is 34.1 Å². The number of amides is 2. The average molecular weight is 475 g/mol. The van der Waals surface area contributed by atoms with Crippen molar-refractivity contribution in [3.05, 3.63) is 89.1 Å². The van der Waals surface area contributed by atoms with E-state index in [1.807, 2.05) is 0 Å². The number of ketones is 1. The third-order valence-electron chi connectivity index (χ3n) is 5.10. The van der Waals surface area contributed by atoms with Gasteiger partial charge in [0.25, 0.3) is 11.8 Å². The Hall–Kier alpha value is -4.59. The highest BCUT2D eigenvalue weighted by Gasteiger charge is 2.18. The van der Waals surface area contributed by atoms with Crippen LogP contribution in [0.1, 0.15) is 33.2 Å². The number of anilines is 1. The molecule has 3 aromatic carbocycles. The van der Waals surface area contributed by atoms with Gasteiger partial charge in [-0.1, -0.05) is 30.3 Å². The van der Waals surface area contributed by atoms with Crippen LogP contribution in [0.4, 0.5) is 5.69 Å². The molecule has 35 heavy (non-hydrogen) atoms. The molecule has 3 rings (SSSR count). The number of benzene rings is 3. The van der Waals surface area contributed by atoms with E-state index in [2.05, 4.69) is 10.6 Å². The summed E-state index contributed by atoms with van der Waals surface area (Å²) in [5, 5.41) is 5.40. The normalized spacial score (nSPS) is 10.8. The summed E-state index contributed by atoms with van der Waals surface area (Å²) in [6.45, 7) is 1.44. The van der Waals surface area contributed by atoms with E-state index >= 15 is 0 Å². The van der Waals surface area contributed by atoms with E-state index in [1.165, 1.54) is 40.4 Å². The second-order valence-corrected chi connectivity index (χ2v) is 7.41. The molecular weight excluding hydrogens is 448 g/mol. The standard InChI is InChI=1S/C27H26N2O6/c1-17(30)18-9-7-10-21(14-18)28-27(32)22(15-19-8-5-6-11-23(19)33-2)29-26(31)20-12-13-24(34-3)25(16-20)35-4/h5-16H,1-4H3,(H,28,32)(H,29,31). The summed E-state index contributed by atoms with van der Waals surface area (Å²) in [4.78, 5) is 38.0. The summed E-state index contributed by atoms with van der Waals surface area (Å²) in [6, 6.07) is 18.3. The second kappa shape index (κ2) is 11.5. The van der Waals surface area contributed by atoms with Crippen LogP contribution in [0.5, 0.6) is 17.2 Å². The van der Waals surface area contributed by atoms with Gasteiger partial charge in [-0.15, -0.1) is 0 Å². The van der Waals surface area contributed by atoms with Gasteiger partial charge < -0.3 is 24.8 Å². The molecule has 0 aromatic heterocycles. The molecule has 0 radical (unpaired) electrons. The first-order chi connectivity index (χ1) is 16.9. The number of nitrogens with one attached hydrogen (secondary N) is 2. The van der Waals surface area contributed by atoms with Crippen LogP contribution in [0.2, 0.25) is 0 Å². The van der Waals surface area contributed by atoms with E-state index in [9.17, 15) is 14.4 Å². The minimum atomic E-state index is -0.578. The number of carbonyl (C=O) groups excluding carboxylic acids is 3. The monoisotopic (exact) mass is 474 g/mol.